The lowest BCUT2D eigenvalue weighted by molar-refractivity contribution is 0.299. The number of aryl methyl sites for hydroxylation is 1. The maximum Gasteiger partial charge on any atom is 0.156 e. The molecule has 33 heavy (non-hydrogen) atoms. The lowest BCUT2D eigenvalue weighted by Gasteiger charge is -2.16. The molecule has 5 rings (SSSR count). The molecule has 1 N–H and O–H groups in total. The van der Waals surface area contributed by atoms with Crippen LogP contribution >= 0.6 is 0 Å². The Kier molecular flexibility index (Phi) is 5.93. The number of hydrogen-bond acceptors (Lipinski definition) is 6. The van der Waals surface area contributed by atoms with Crippen molar-refractivity contribution in [2.75, 3.05) is 25.1 Å². The van der Waals surface area contributed by atoms with E-state index in [1.807, 2.05) is 61.8 Å². The third-order valence-electron chi connectivity index (χ3n) is 5.81. The zero-order valence-electron chi connectivity index (χ0n) is 18.9. The normalized spacial score (nSPS) is 13.3. The molecule has 0 amide bonds. The summed E-state index contributed by atoms with van der Waals surface area (Å²) in [7, 11) is 1.66. The Balaban J connectivity index is 1.34. The SMILES string of the molecule is COc1cc(OCc2ccc(C)cn2)ccc1-c1cnc(-c2cccc(N3CCCC3)n2)[nH]1. The fourth-order valence-corrected chi connectivity index (χ4v) is 3.99. The minimum Gasteiger partial charge on any atom is -0.496 e. The maximum absolute atomic E-state index is 5.92. The zero-order chi connectivity index (χ0) is 22.6. The summed E-state index contributed by atoms with van der Waals surface area (Å²) in [5.41, 5.74) is 4.61. The summed E-state index contributed by atoms with van der Waals surface area (Å²) in [5.74, 6) is 3.17. The molecule has 1 aliphatic rings. The van der Waals surface area contributed by atoms with Crippen molar-refractivity contribution < 1.29 is 9.47 Å². The molecule has 3 aromatic heterocycles. The minimum atomic E-state index is 0.399. The van der Waals surface area contributed by atoms with Gasteiger partial charge in [0.25, 0.3) is 0 Å². The van der Waals surface area contributed by atoms with E-state index in [2.05, 4.69) is 25.9 Å². The van der Waals surface area contributed by atoms with Crippen LogP contribution in [0.15, 0.2) is 60.9 Å². The molecule has 0 unspecified atom stereocenters. The molecule has 0 saturated carbocycles. The molecule has 0 spiro atoms. The van der Waals surface area contributed by atoms with E-state index in [1.54, 1.807) is 7.11 Å². The van der Waals surface area contributed by atoms with Gasteiger partial charge in [0.1, 0.15) is 29.6 Å². The number of pyridine rings is 2. The molecule has 1 fully saturated rings. The quantitative estimate of drug-likeness (QED) is 0.434. The van der Waals surface area contributed by atoms with Gasteiger partial charge in [0.05, 0.1) is 24.7 Å². The van der Waals surface area contributed by atoms with Crippen molar-refractivity contribution in [3.8, 4) is 34.3 Å². The standard InChI is InChI=1S/C26H27N5O2/c1-18-8-9-19(27-15-18)17-33-20-10-11-21(24(14-20)32-2)23-16-28-26(30-23)22-6-5-7-25(29-22)31-12-3-4-13-31/h5-11,14-16H,3-4,12-13,17H2,1-2H3,(H,28,30). The Hall–Kier alpha value is -3.87. The Bertz CT molecular complexity index is 1230. The van der Waals surface area contributed by atoms with Crippen molar-refractivity contribution in [3.63, 3.8) is 0 Å². The van der Waals surface area contributed by atoms with Crippen molar-refractivity contribution >= 4 is 5.82 Å². The average Bonchev–Trinajstić information content (AvgIpc) is 3.56. The molecular formula is C26H27N5O2. The molecule has 7 nitrogen and oxygen atoms in total. The number of aromatic amines is 1. The Morgan fingerprint density at radius 3 is 2.67 bits per heavy atom. The summed E-state index contributed by atoms with van der Waals surface area (Å²) < 4.78 is 11.6. The Morgan fingerprint density at radius 1 is 1.00 bits per heavy atom. The third kappa shape index (κ3) is 4.67. The molecule has 0 atom stereocenters. The maximum atomic E-state index is 5.92. The highest BCUT2D eigenvalue weighted by molar-refractivity contribution is 5.70. The fraction of sp³-hybridized carbons (Fsp3) is 0.269. The molecule has 4 aromatic rings. The van der Waals surface area contributed by atoms with Crippen LogP contribution in [0.2, 0.25) is 0 Å². The molecule has 0 radical (unpaired) electrons. The number of H-pyrrole nitrogens is 1. The van der Waals surface area contributed by atoms with Gasteiger partial charge in [-0.05, 0) is 55.7 Å². The molecule has 7 heteroatoms. The largest absolute Gasteiger partial charge is 0.496 e. The van der Waals surface area contributed by atoms with Crippen LogP contribution in [0.3, 0.4) is 0 Å². The topological polar surface area (TPSA) is 76.2 Å². The molecule has 0 aliphatic carbocycles. The molecule has 4 heterocycles. The van der Waals surface area contributed by atoms with Crippen LogP contribution in [0.1, 0.15) is 24.1 Å². The molecule has 168 valence electrons. The number of anilines is 1. The number of hydrogen-bond donors (Lipinski definition) is 1. The number of ether oxygens (including phenoxy) is 2. The van der Waals surface area contributed by atoms with Crippen LogP contribution in [-0.4, -0.2) is 40.1 Å². The van der Waals surface area contributed by atoms with Crippen LogP contribution in [0.5, 0.6) is 11.5 Å². The average molecular weight is 442 g/mol. The highest BCUT2D eigenvalue weighted by Gasteiger charge is 2.16. The number of nitrogens with one attached hydrogen (secondary N) is 1. The van der Waals surface area contributed by atoms with Crippen LogP contribution < -0.4 is 14.4 Å². The highest BCUT2D eigenvalue weighted by atomic mass is 16.5. The molecule has 1 aliphatic heterocycles. The van der Waals surface area contributed by atoms with E-state index in [9.17, 15) is 0 Å². The van der Waals surface area contributed by atoms with Crippen molar-refractivity contribution in [2.45, 2.75) is 26.4 Å². The van der Waals surface area contributed by atoms with Gasteiger partial charge in [-0.3, -0.25) is 4.98 Å². The van der Waals surface area contributed by atoms with Gasteiger partial charge in [0.15, 0.2) is 5.82 Å². The van der Waals surface area contributed by atoms with E-state index in [0.29, 0.717) is 12.4 Å². The number of imidazole rings is 1. The van der Waals surface area contributed by atoms with Crippen molar-refractivity contribution in [1.29, 1.82) is 0 Å². The van der Waals surface area contributed by atoms with Gasteiger partial charge in [-0.1, -0.05) is 12.1 Å². The lowest BCUT2D eigenvalue weighted by Crippen LogP contribution is -2.18. The summed E-state index contributed by atoms with van der Waals surface area (Å²) in [6.07, 6.45) is 6.09. The molecular weight excluding hydrogens is 414 g/mol. The second-order valence-corrected chi connectivity index (χ2v) is 8.20. The van der Waals surface area contributed by atoms with Crippen LogP contribution in [-0.2, 0) is 6.61 Å². The Morgan fingerprint density at radius 2 is 1.88 bits per heavy atom. The summed E-state index contributed by atoms with van der Waals surface area (Å²) in [4.78, 5) is 19.5. The first kappa shape index (κ1) is 21.0. The summed E-state index contributed by atoms with van der Waals surface area (Å²) in [6.45, 7) is 4.54. The van der Waals surface area contributed by atoms with Crippen LogP contribution in [0.4, 0.5) is 5.82 Å². The zero-order valence-corrected chi connectivity index (χ0v) is 18.9. The number of methoxy groups -OCH3 is 1. The molecule has 0 bridgehead atoms. The second kappa shape index (κ2) is 9.32. The van der Waals surface area contributed by atoms with Crippen molar-refractivity contribution in [3.05, 3.63) is 72.2 Å². The van der Waals surface area contributed by atoms with Gasteiger partial charge < -0.3 is 19.4 Å². The van der Waals surface area contributed by atoms with E-state index in [1.165, 1.54) is 12.8 Å². The van der Waals surface area contributed by atoms with Crippen LogP contribution in [0.25, 0.3) is 22.8 Å². The third-order valence-corrected chi connectivity index (χ3v) is 5.81. The van der Waals surface area contributed by atoms with E-state index in [0.717, 1.165) is 58.7 Å². The first-order valence-electron chi connectivity index (χ1n) is 11.2. The number of aromatic nitrogens is 4. The summed E-state index contributed by atoms with van der Waals surface area (Å²) >= 11 is 0. The second-order valence-electron chi connectivity index (χ2n) is 8.20. The first-order valence-corrected chi connectivity index (χ1v) is 11.2. The lowest BCUT2D eigenvalue weighted by atomic mass is 10.1. The fourth-order valence-electron chi connectivity index (χ4n) is 3.99. The van der Waals surface area contributed by atoms with E-state index >= 15 is 0 Å². The minimum absolute atomic E-state index is 0.399. The summed E-state index contributed by atoms with van der Waals surface area (Å²) in [6, 6.07) is 15.9. The summed E-state index contributed by atoms with van der Waals surface area (Å²) in [5, 5.41) is 0. The number of rotatable bonds is 7. The number of benzene rings is 1. The van der Waals surface area contributed by atoms with Crippen LogP contribution in [0, 0.1) is 6.92 Å². The van der Waals surface area contributed by atoms with Gasteiger partial charge in [-0.15, -0.1) is 0 Å². The number of nitrogens with zero attached hydrogens (tertiary/aromatic N) is 4. The molecule has 1 aromatic carbocycles. The van der Waals surface area contributed by atoms with Gasteiger partial charge in [0.2, 0.25) is 0 Å². The predicted octanol–water partition coefficient (Wildman–Crippen LogP) is 5.03. The predicted molar refractivity (Wildman–Crippen MR) is 129 cm³/mol. The monoisotopic (exact) mass is 441 g/mol. The van der Waals surface area contributed by atoms with Gasteiger partial charge in [-0.25, -0.2) is 9.97 Å². The van der Waals surface area contributed by atoms with E-state index in [-0.39, 0.29) is 0 Å². The van der Waals surface area contributed by atoms with Gasteiger partial charge >= 0.3 is 0 Å². The van der Waals surface area contributed by atoms with E-state index in [4.69, 9.17) is 14.5 Å². The first-order chi connectivity index (χ1) is 16.2. The molecule has 1 saturated heterocycles. The van der Waals surface area contributed by atoms with Crippen molar-refractivity contribution in [1.82, 2.24) is 19.9 Å². The Labute approximate surface area is 193 Å². The van der Waals surface area contributed by atoms with Gasteiger partial charge in [-0.2, -0.15) is 0 Å². The van der Waals surface area contributed by atoms with Crippen molar-refractivity contribution in [2.24, 2.45) is 0 Å². The highest BCUT2D eigenvalue weighted by Crippen LogP contribution is 2.33. The smallest absolute Gasteiger partial charge is 0.156 e. The van der Waals surface area contributed by atoms with E-state index < -0.39 is 0 Å². The van der Waals surface area contributed by atoms with Gasteiger partial charge in [0, 0.05) is 30.9 Å².